The fraction of sp³-hybridized carbons (Fsp3) is 0.600. The number of aryl methyl sites for hydroxylation is 3. The Morgan fingerprint density at radius 2 is 2.05 bits per heavy atom. The molecule has 20 heavy (non-hydrogen) atoms. The largest absolute Gasteiger partial charge is 0.465 e. The van der Waals surface area contributed by atoms with Gasteiger partial charge in [0.25, 0.3) is 0 Å². The van der Waals surface area contributed by atoms with Gasteiger partial charge in [-0.1, -0.05) is 13.8 Å². The summed E-state index contributed by atoms with van der Waals surface area (Å²) in [7, 11) is 0. The van der Waals surface area contributed by atoms with Crippen molar-refractivity contribution in [3.63, 3.8) is 0 Å². The Kier molecular flexibility index (Phi) is 4.60. The van der Waals surface area contributed by atoms with Crippen molar-refractivity contribution in [1.29, 1.82) is 0 Å². The molecule has 2 heterocycles. The summed E-state index contributed by atoms with van der Waals surface area (Å²) < 4.78 is 7.71. The van der Waals surface area contributed by atoms with Crippen molar-refractivity contribution < 1.29 is 4.42 Å². The highest BCUT2D eigenvalue weighted by Gasteiger charge is 2.10. The summed E-state index contributed by atoms with van der Waals surface area (Å²) in [5.41, 5.74) is 1.17. The highest BCUT2D eigenvalue weighted by atomic mass is 16.3. The summed E-state index contributed by atoms with van der Waals surface area (Å²) in [6.45, 7) is 12.8. The quantitative estimate of drug-likeness (QED) is 0.881. The highest BCUT2D eigenvalue weighted by Crippen LogP contribution is 2.16. The van der Waals surface area contributed by atoms with Crippen LogP contribution in [0.4, 0.5) is 0 Å². The fourth-order valence-electron chi connectivity index (χ4n) is 2.19. The van der Waals surface area contributed by atoms with Gasteiger partial charge < -0.3 is 9.73 Å². The number of furan rings is 1. The van der Waals surface area contributed by atoms with Crippen molar-refractivity contribution in [2.75, 3.05) is 6.54 Å². The Balaban J connectivity index is 2.02. The number of aromatic nitrogens is 3. The Hall–Kier alpha value is -1.62. The van der Waals surface area contributed by atoms with Crippen molar-refractivity contribution in [2.45, 2.75) is 47.7 Å². The Morgan fingerprint density at radius 3 is 2.65 bits per heavy atom. The molecule has 0 spiro atoms. The minimum atomic E-state index is 0.645. The number of nitrogens with zero attached hydrogens (tertiary/aromatic N) is 3. The van der Waals surface area contributed by atoms with Crippen molar-refractivity contribution in [3.05, 3.63) is 34.8 Å². The van der Waals surface area contributed by atoms with E-state index in [1.807, 2.05) is 25.5 Å². The van der Waals surface area contributed by atoms with Gasteiger partial charge in [0.15, 0.2) is 0 Å². The molecule has 110 valence electrons. The van der Waals surface area contributed by atoms with Crippen LogP contribution in [0.25, 0.3) is 0 Å². The second kappa shape index (κ2) is 6.22. The van der Waals surface area contributed by atoms with E-state index in [0.717, 1.165) is 36.3 Å². The van der Waals surface area contributed by atoms with Crippen molar-refractivity contribution in [2.24, 2.45) is 5.92 Å². The number of hydrogen-bond donors (Lipinski definition) is 1. The molecular weight excluding hydrogens is 252 g/mol. The second-order valence-corrected chi connectivity index (χ2v) is 5.68. The summed E-state index contributed by atoms with van der Waals surface area (Å²) in [4.78, 5) is 4.32. The van der Waals surface area contributed by atoms with E-state index in [1.54, 1.807) is 0 Å². The summed E-state index contributed by atoms with van der Waals surface area (Å²) in [6, 6.07) is 2.11. The van der Waals surface area contributed by atoms with E-state index in [0.29, 0.717) is 12.5 Å². The van der Waals surface area contributed by atoms with E-state index >= 15 is 0 Å². The van der Waals surface area contributed by atoms with E-state index in [9.17, 15) is 0 Å². The predicted octanol–water partition coefficient (Wildman–Crippen LogP) is 2.59. The third-order valence-corrected chi connectivity index (χ3v) is 3.21. The molecule has 0 saturated heterocycles. The van der Waals surface area contributed by atoms with Gasteiger partial charge in [0.1, 0.15) is 23.2 Å². The van der Waals surface area contributed by atoms with Crippen LogP contribution in [-0.2, 0) is 13.1 Å². The van der Waals surface area contributed by atoms with Gasteiger partial charge in [-0.05, 0) is 39.3 Å². The maximum absolute atomic E-state index is 5.79. The SMILES string of the molecule is Cc1nc(C)n(Cc2cc(CNCC(C)C)oc2C)n1. The molecule has 0 aliphatic heterocycles. The third-order valence-electron chi connectivity index (χ3n) is 3.21. The number of rotatable bonds is 6. The standard InChI is InChI=1S/C15H24N4O/c1-10(2)7-16-8-15-6-14(11(3)20-15)9-19-13(5)17-12(4)18-19/h6,10,16H,7-9H2,1-5H3. The lowest BCUT2D eigenvalue weighted by molar-refractivity contribution is 0.446. The molecule has 0 fully saturated rings. The molecule has 5 nitrogen and oxygen atoms in total. The molecule has 0 saturated carbocycles. The third kappa shape index (κ3) is 3.70. The van der Waals surface area contributed by atoms with Crippen LogP contribution in [0.1, 0.15) is 42.6 Å². The topological polar surface area (TPSA) is 55.9 Å². The van der Waals surface area contributed by atoms with Crippen LogP contribution in [0, 0.1) is 26.7 Å². The molecule has 2 aromatic heterocycles. The van der Waals surface area contributed by atoms with Gasteiger partial charge in [-0.3, -0.25) is 0 Å². The van der Waals surface area contributed by atoms with Crippen LogP contribution in [0.15, 0.2) is 10.5 Å². The molecule has 0 bridgehead atoms. The minimum absolute atomic E-state index is 0.645. The molecule has 0 aliphatic carbocycles. The summed E-state index contributed by atoms with van der Waals surface area (Å²) in [5.74, 6) is 4.32. The van der Waals surface area contributed by atoms with E-state index in [4.69, 9.17) is 4.42 Å². The zero-order valence-corrected chi connectivity index (χ0v) is 13.0. The smallest absolute Gasteiger partial charge is 0.147 e. The zero-order valence-electron chi connectivity index (χ0n) is 13.0. The Labute approximate surface area is 120 Å². The average molecular weight is 276 g/mol. The first-order valence-corrected chi connectivity index (χ1v) is 7.12. The number of nitrogens with one attached hydrogen (secondary N) is 1. The first-order valence-electron chi connectivity index (χ1n) is 7.12. The molecule has 2 rings (SSSR count). The van der Waals surface area contributed by atoms with Crippen molar-refractivity contribution in [1.82, 2.24) is 20.1 Å². The molecule has 1 N–H and O–H groups in total. The molecule has 0 amide bonds. The van der Waals surface area contributed by atoms with E-state index in [1.165, 1.54) is 5.56 Å². The van der Waals surface area contributed by atoms with E-state index in [2.05, 4.69) is 35.3 Å². The summed E-state index contributed by atoms with van der Waals surface area (Å²) in [6.07, 6.45) is 0. The van der Waals surface area contributed by atoms with Crippen LogP contribution in [0.2, 0.25) is 0 Å². The maximum atomic E-state index is 5.79. The molecule has 0 aromatic carbocycles. The zero-order chi connectivity index (χ0) is 14.7. The molecular formula is C15H24N4O. The minimum Gasteiger partial charge on any atom is -0.465 e. The number of hydrogen-bond acceptors (Lipinski definition) is 4. The summed E-state index contributed by atoms with van der Waals surface area (Å²) >= 11 is 0. The molecule has 0 unspecified atom stereocenters. The van der Waals surface area contributed by atoms with Crippen LogP contribution in [-0.4, -0.2) is 21.3 Å². The normalized spacial score (nSPS) is 11.5. The van der Waals surface area contributed by atoms with Gasteiger partial charge in [0.2, 0.25) is 0 Å². The molecule has 2 aromatic rings. The average Bonchev–Trinajstić information content (AvgIpc) is 2.83. The van der Waals surface area contributed by atoms with Gasteiger partial charge >= 0.3 is 0 Å². The van der Waals surface area contributed by atoms with Crippen LogP contribution in [0.3, 0.4) is 0 Å². The second-order valence-electron chi connectivity index (χ2n) is 5.68. The fourth-order valence-corrected chi connectivity index (χ4v) is 2.19. The maximum Gasteiger partial charge on any atom is 0.147 e. The van der Waals surface area contributed by atoms with Crippen LogP contribution >= 0.6 is 0 Å². The lowest BCUT2D eigenvalue weighted by Crippen LogP contribution is -2.18. The van der Waals surface area contributed by atoms with E-state index in [-0.39, 0.29) is 0 Å². The Morgan fingerprint density at radius 1 is 1.30 bits per heavy atom. The lowest BCUT2D eigenvalue weighted by atomic mass is 10.2. The Bertz CT molecular complexity index is 568. The van der Waals surface area contributed by atoms with Gasteiger partial charge in [-0.15, -0.1) is 0 Å². The summed E-state index contributed by atoms with van der Waals surface area (Å²) in [5, 5.41) is 7.78. The van der Waals surface area contributed by atoms with Crippen molar-refractivity contribution >= 4 is 0 Å². The van der Waals surface area contributed by atoms with Crippen molar-refractivity contribution in [3.8, 4) is 0 Å². The van der Waals surface area contributed by atoms with Gasteiger partial charge in [0.05, 0.1) is 13.1 Å². The van der Waals surface area contributed by atoms with Crippen LogP contribution < -0.4 is 5.32 Å². The lowest BCUT2D eigenvalue weighted by Gasteiger charge is -2.04. The monoisotopic (exact) mass is 276 g/mol. The van der Waals surface area contributed by atoms with Gasteiger partial charge in [-0.2, -0.15) is 5.10 Å². The van der Waals surface area contributed by atoms with Gasteiger partial charge in [-0.25, -0.2) is 9.67 Å². The van der Waals surface area contributed by atoms with Gasteiger partial charge in [0, 0.05) is 5.56 Å². The predicted molar refractivity (Wildman–Crippen MR) is 78.6 cm³/mol. The van der Waals surface area contributed by atoms with E-state index < -0.39 is 0 Å². The first-order chi connectivity index (χ1) is 9.45. The molecule has 5 heteroatoms. The first kappa shape index (κ1) is 14.8. The highest BCUT2D eigenvalue weighted by molar-refractivity contribution is 5.21. The molecule has 0 radical (unpaired) electrons. The van der Waals surface area contributed by atoms with Crippen LogP contribution in [0.5, 0.6) is 0 Å². The molecule has 0 aliphatic rings. The molecule has 0 atom stereocenters.